The normalized spacial score (nSPS) is 22.7. The number of fused-ring (bicyclic) bond motifs is 1. The predicted octanol–water partition coefficient (Wildman–Crippen LogP) is 6.57. The second-order valence-corrected chi connectivity index (χ2v) is 15.1. The van der Waals surface area contributed by atoms with E-state index in [1.165, 1.54) is 11.8 Å². The number of pyridine rings is 2. The topological polar surface area (TPSA) is 109 Å². The molecule has 4 heterocycles. The van der Waals surface area contributed by atoms with Gasteiger partial charge in [0.1, 0.15) is 5.82 Å². The molecule has 2 aromatic heterocycles. The number of likely N-dealkylation sites (N-methyl/N-ethyl adjacent to an activating group) is 1. The number of aryl methyl sites for hydroxylation is 1. The van der Waals surface area contributed by atoms with Gasteiger partial charge in [-0.15, -0.1) is 11.8 Å². The molecule has 13 heteroatoms. The standard InChI is InChI=1S/C38H49F2N5O5S/c1-23-19-31(51-6)30(36(47)43-23)22-42-35(46)28-20-29(25-7-12-32(41-21-25)45-15-13-38(39,40)14-16-45)34-33(24(28)2)49-37(3,50-34)26-8-10-27(11-9-26)44(4)17-18-48-5/h7,12,19-21,26-27H,8-11,13-18,22H2,1-6H3,(H,42,46)(H,43,47). The van der Waals surface area contributed by atoms with Crippen molar-refractivity contribution in [1.82, 2.24) is 20.2 Å². The molecule has 2 aliphatic heterocycles. The van der Waals surface area contributed by atoms with Crippen molar-refractivity contribution < 1.29 is 27.8 Å². The predicted molar refractivity (Wildman–Crippen MR) is 195 cm³/mol. The van der Waals surface area contributed by atoms with E-state index in [9.17, 15) is 18.4 Å². The number of thioether (sulfide) groups is 1. The van der Waals surface area contributed by atoms with Gasteiger partial charge in [-0.25, -0.2) is 13.8 Å². The first-order chi connectivity index (χ1) is 24.3. The Labute approximate surface area is 302 Å². The van der Waals surface area contributed by atoms with Crippen LogP contribution in [0.25, 0.3) is 11.1 Å². The van der Waals surface area contributed by atoms with E-state index in [4.69, 9.17) is 14.2 Å². The van der Waals surface area contributed by atoms with Crippen molar-refractivity contribution in [1.29, 1.82) is 0 Å². The molecule has 276 valence electrons. The Morgan fingerprint density at radius 2 is 1.84 bits per heavy atom. The fourth-order valence-corrected chi connectivity index (χ4v) is 8.26. The van der Waals surface area contributed by atoms with Gasteiger partial charge in [0.25, 0.3) is 23.2 Å². The lowest BCUT2D eigenvalue weighted by Crippen LogP contribution is -2.47. The SMILES string of the molecule is COCCN(C)C1CCC(C2(C)Oc3c(-c4ccc(N5CCC(F)(F)CC5)nc4)cc(C(=O)NCc4c(SC)cc(C)[nH]c4=O)c(C)c3O2)CC1. The number of rotatable bonds is 11. The summed E-state index contributed by atoms with van der Waals surface area (Å²) in [7, 11) is 3.86. The van der Waals surface area contributed by atoms with Crippen LogP contribution >= 0.6 is 11.8 Å². The zero-order chi connectivity index (χ0) is 36.5. The third-order valence-electron chi connectivity index (χ3n) is 10.8. The maximum absolute atomic E-state index is 13.9. The molecule has 0 radical (unpaired) electrons. The minimum Gasteiger partial charge on any atom is -0.448 e. The molecule has 1 aliphatic carbocycles. The summed E-state index contributed by atoms with van der Waals surface area (Å²) in [4.78, 5) is 39.3. The first kappa shape index (κ1) is 37.1. The lowest BCUT2D eigenvalue weighted by molar-refractivity contribution is -0.123. The number of amides is 1. The lowest BCUT2D eigenvalue weighted by atomic mass is 9.81. The third kappa shape index (κ3) is 7.90. The van der Waals surface area contributed by atoms with Crippen molar-refractivity contribution in [2.75, 3.05) is 51.6 Å². The molecule has 1 aromatic carbocycles. The summed E-state index contributed by atoms with van der Waals surface area (Å²) in [6.07, 6.45) is 7.04. The molecule has 0 bridgehead atoms. The van der Waals surface area contributed by atoms with Crippen molar-refractivity contribution in [3.63, 3.8) is 0 Å². The number of halogens is 2. The second kappa shape index (κ2) is 15.1. The van der Waals surface area contributed by atoms with E-state index in [0.717, 1.165) is 42.8 Å². The molecular formula is C38H49F2N5O5S. The number of alkyl halides is 2. The highest BCUT2D eigenvalue weighted by Gasteiger charge is 2.48. The molecule has 1 saturated carbocycles. The molecule has 6 rings (SSSR count). The highest BCUT2D eigenvalue weighted by molar-refractivity contribution is 7.98. The number of hydrogen-bond donors (Lipinski definition) is 2. The number of carbonyl (C=O) groups is 1. The highest BCUT2D eigenvalue weighted by atomic mass is 32.2. The molecule has 1 amide bonds. The van der Waals surface area contributed by atoms with Crippen LogP contribution in [-0.4, -0.2) is 85.2 Å². The highest BCUT2D eigenvalue weighted by Crippen LogP contribution is 2.53. The summed E-state index contributed by atoms with van der Waals surface area (Å²) in [6, 6.07) is 7.87. The smallest absolute Gasteiger partial charge is 0.254 e. The number of nitrogens with zero attached hydrogens (tertiary/aromatic N) is 3. The Hall–Kier alpha value is -3.68. The van der Waals surface area contributed by atoms with Gasteiger partial charge in [-0.3, -0.25) is 9.59 Å². The van der Waals surface area contributed by atoms with Gasteiger partial charge in [0.2, 0.25) is 0 Å². The molecule has 51 heavy (non-hydrogen) atoms. The van der Waals surface area contributed by atoms with Gasteiger partial charge in [0.05, 0.1) is 6.61 Å². The number of carbonyl (C=O) groups excluding carboxylic acids is 1. The Morgan fingerprint density at radius 1 is 1.14 bits per heavy atom. The van der Waals surface area contributed by atoms with Gasteiger partial charge in [-0.1, -0.05) is 0 Å². The zero-order valence-corrected chi connectivity index (χ0v) is 31.2. The molecule has 3 aliphatic rings. The number of aromatic nitrogens is 2. The Bertz CT molecular complexity index is 1790. The fraction of sp³-hybridized carbons (Fsp3) is 0.553. The van der Waals surface area contributed by atoms with Crippen LogP contribution in [0, 0.1) is 19.8 Å². The number of H-pyrrole nitrogens is 1. The van der Waals surface area contributed by atoms with Crippen molar-refractivity contribution in [2.24, 2.45) is 5.92 Å². The first-order valence-electron chi connectivity index (χ1n) is 17.7. The summed E-state index contributed by atoms with van der Waals surface area (Å²) < 4.78 is 46.5. The average Bonchev–Trinajstić information content (AvgIpc) is 3.49. The van der Waals surface area contributed by atoms with Crippen LogP contribution in [0.4, 0.5) is 14.6 Å². The number of anilines is 1. The van der Waals surface area contributed by atoms with E-state index in [0.29, 0.717) is 57.8 Å². The maximum atomic E-state index is 13.9. The minimum absolute atomic E-state index is 0.0543. The van der Waals surface area contributed by atoms with Gasteiger partial charge in [0, 0.05) is 110 Å². The molecule has 1 saturated heterocycles. The first-order valence-corrected chi connectivity index (χ1v) is 18.9. The van der Waals surface area contributed by atoms with Crippen molar-refractivity contribution in [3.8, 4) is 22.6 Å². The summed E-state index contributed by atoms with van der Waals surface area (Å²) in [6.45, 7) is 7.74. The largest absolute Gasteiger partial charge is 0.448 e. The van der Waals surface area contributed by atoms with Crippen LogP contribution in [0.3, 0.4) is 0 Å². The number of aromatic amines is 1. The van der Waals surface area contributed by atoms with E-state index >= 15 is 0 Å². The Balaban J connectivity index is 1.29. The van der Waals surface area contributed by atoms with Crippen LogP contribution in [0.2, 0.25) is 0 Å². The van der Waals surface area contributed by atoms with Crippen molar-refractivity contribution in [3.05, 3.63) is 63.2 Å². The molecular weight excluding hydrogens is 677 g/mol. The minimum atomic E-state index is -2.65. The number of piperidine rings is 1. The van der Waals surface area contributed by atoms with E-state index in [2.05, 4.69) is 27.2 Å². The fourth-order valence-electron chi connectivity index (χ4n) is 7.55. The molecule has 0 spiro atoms. The van der Waals surface area contributed by atoms with Gasteiger partial charge in [0.15, 0.2) is 11.5 Å². The summed E-state index contributed by atoms with van der Waals surface area (Å²) >= 11 is 1.46. The molecule has 2 fully saturated rings. The number of benzene rings is 1. The van der Waals surface area contributed by atoms with E-state index in [1.54, 1.807) is 19.4 Å². The van der Waals surface area contributed by atoms with Gasteiger partial charge < -0.3 is 34.3 Å². The monoisotopic (exact) mass is 725 g/mol. The van der Waals surface area contributed by atoms with Crippen LogP contribution in [0.1, 0.15) is 72.6 Å². The number of hydrogen-bond acceptors (Lipinski definition) is 9. The van der Waals surface area contributed by atoms with Crippen LogP contribution in [-0.2, 0) is 11.3 Å². The Morgan fingerprint density at radius 3 is 2.49 bits per heavy atom. The zero-order valence-electron chi connectivity index (χ0n) is 30.4. The van der Waals surface area contributed by atoms with Crippen LogP contribution < -0.4 is 25.2 Å². The Kier molecular flexibility index (Phi) is 11.0. The van der Waals surface area contributed by atoms with Crippen LogP contribution in [0.5, 0.6) is 11.5 Å². The summed E-state index contributed by atoms with van der Waals surface area (Å²) in [5.41, 5.74) is 3.42. The quantitative estimate of drug-likeness (QED) is 0.213. The van der Waals surface area contributed by atoms with E-state index in [1.807, 2.05) is 50.1 Å². The lowest BCUT2D eigenvalue weighted by Gasteiger charge is -2.39. The number of ether oxygens (including phenoxy) is 3. The number of nitrogens with one attached hydrogen (secondary N) is 2. The van der Waals surface area contributed by atoms with Crippen LogP contribution in [0.15, 0.2) is 40.2 Å². The average molecular weight is 726 g/mol. The van der Waals surface area contributed by atoms with Gasteiger partial charge in [-0.05, 0) is 77.1 Å². The molecule has 1 atom stereocenters. The maximum Gasteiger partial charge on any atom is 0.254 e. The van der Waals surface area contributed by atoms with Gasteiger partial charge >= 0.3 is 0 Å². The third-order valence-corrected chi connectivity index (χ3v) is 11.6. The van der Waals surface area contributed by atoms with Gasteiger partial charge in [-0.2, -0.15) is 0 Å². The second-order valence-electron chi connectivity index (χ2n) is 14.2. The molecule has 1 unspecified atom stereocenters. The summed E-state index contributed by atoms with van der Waals surface area (Å²) in [5, 5.41) is 2.97. The van der Waals surface area contributed by atoms with E-state index in [-0.39, 0.29) is 49.9 Å². The van der Waals surface area contributed by atoms with E-state index < -0.39 is 11.7 Å². The summed E-state index contributed by atoms with van der Waals surface area (Å²) in [5.74, 6) is -2.13. The molecule has 3 aromatic rings. The number of methoxy groups -OCH3 is 1. The van der Waals surface area contributed by atoms with Crippen molar-refractivity contribution in [2.45, 2.75) is 88.5 Å². The van der Waals surface area contributed by atoms with Crippen molar-refractivity contribution >= 4 is 23.5 Å². The molecule has 10 nitrogen and oxygen atoms in total. The molecule has 2 N–H and O–H groups in total.